The van der Waals surface area contributed by atoms with Gasteiger partial charge in [0.05, 0.1) is 17.8 Å². The molecule has 1 saturated heterocycles. The SMILES string of the molecule is FC(F)(F)C(=S)N[C@H]1CCCN2c3cc(Cl)ccc3Oc3ccccc3[C@H]12. The first-order valence-electron chi connectivity index (χ1n) is 8.55. The number of anilines is 1. The fourth-order valence-electron chi connectivity index (χ4n) is 3.79. The minimum absolute atomic E-state index is 0.352. The first-order chi connectivity index (χ1) is 12.8. The van der Waals surface area contributed by atoms with E-state index in [1.165, 1.54) is 0 Å². The highest BCUT2D eigenvalue weighted by atomic mass is 35.5. The number of fused-ring (bicyclic) bond motifs is 5. The van der Waals surface area contributed by atoms with Gasteiger partial charge >= 0.3 is 6.18 Å². The Kier molecular flexibility index (Phi) is 4.68. The van der Waals surface area contributed by atoms with Gasteiger partial charge in [0.15, 0.2) is 10.7 Å². The number of benzene rings is 2. The number of nitrogens with one attached hydrogen (secondary N) is 1. The van der Waals surface area contributed by atoms with Gasteiger partial charge in [0.25, 0.3) is 0 Å². The molecule has 2 aromatic carbocycles. The second kappa shape index (κ2) is 6.87. The number of hydrogen-bond donors (Lipinski definition) is 1. The topological polar surface area (TPSA) is 24.5 Å². The number of nitrogens with zero attached hydrogens (tertiary/aromatic N) is 1. The minimum atomic E-state index is -4.56. The van der Waals surface area contributed by atoms with Crippen LogP contribution in [0, 0.1) is 0 Å². The highest BCUT2D eigenvalue weighted by Crippen LogP contribution is 2.48. The number of hydrogen-bond acceptors (Lipinski definition) is 3. The van der Waals surface area contributed by atoms with Gasteiger partial charge in [-0.25, -0.2) is 0 Å². The lowest BCUT2D eigenvalue weighted by molar-refractivity contribution is -0.0599. The molecule has 2 heterocycles. The van der Waals surface area contributed by atoms with Crippen molar-refractivity contribution in [3.8, 4) is 11.5 Å². The lowest BCUT2D eigenvalue weighted by Gasteiger charge is -2.43. The van der Waals surface area contributed by atoms with Gasteiger partial charge in [0, 0.05) is 17.1 Å². The molecule has 0 bridgehead atoms. The predicted molar refractivity (Wildman–Crippen MR) is 103 cm³/mol. The van der Waals surface area contributed by atoms with E-state index < -0.39 is 17.2 Å². The minimum Gasteiger partial charge on any atom is -0.455 e. The molecule has 2 aliphatic heterocycles. The van der Waals surface area contributed by atoms with E-state index in [2.05, 4.69) is 22.4 Å². The van der Waals surface area contributed by atoms with Crippen LogP contribution in [0.3, 0.4) is 0 Å². The molecule has 0 amide bonds. The van der Waals surface area contributed by atoms with E-state index in [9.17, 15) is 13.2 Å². The number of halogens is 4. The van der Waals surface area contributed by atoms with Crippen molar-refractivity contribution in [3.63, 3.8) is 0 Å². The Bertz CT molecular complexity index is 889. The van der Waals surface area contributed by atoms with Crippen LogP contribution in [-0.4, -0.2) is 23.8 Å². The van der Waals surface area contributed by atoms with E-state index in [1.54, 1.807) is 18.2 Å². The monoisotopic (exact) mass is 412 g/mol. The summed E-state index contributed by atoms with van der Waals surface area (Å²) in [6.45, 7) is 0.687. The summed E-state index contributed by atoms with van der Waals surface area (Å²) >= 11 is 10.8. The number of piperidine rings is 1. The molecule has 27 heavy (non-hydrogen) atoms. The molecule has 1 N–H and O–H groups in total. The molecule has 0 aliphatic carbocycles. The fraction of sp³-hybridized carbons (Fsp3) is 0.316. The van der Waals surface area contributed by atoms with Gasteiger partial charge in [-0.1, -0.05) is 42.0 Å². The Morgan fingerprint density at radius 1 is 1.19 bits per heavy atom. The highest BCUT2D eigenvalue weighted by Gasteiger charge is 2.42. The Morgan fingerprint density at radius 3 is 2.74 bits per heavy atom. The molecular formula is C19H16ClF3N2OS. The summed E-state index contributed by atoms with van der Waals surface area (Å²) in [5.74, 6) is 1.26. The van der Waals surface area contributed by atoms with E-state index in [0.29, 0.717) is 29.5 Å². The van der Waals surface area contributed by atoms with Crippen LogP contribution in [-0.2, 0) is 0 Å². The maximum atomic E-state index is 13.0. The maximum absolute atomic E-state index is 13.0. The third-order valence-electron chi connectivity index (χ3n) is 4.89. The summed E-state index contributed by atoms with van der Waals surface area (Å²) < 4.78 is 45.2. The highest BCUT2D eigenvalue weighted by molar-refractivity contribution is 7.80. The zero-order valence-electron chi connectivity index (χ0n) is 14.1. The molecule has 2 aromatic rings. The average Bonchev–Trinajstić information content (AvgIpc) is 2.76. The number of para-hydroxylation sites is 1. The molecule has 0 radical (unpaired) electrons. The van der Waals surface area contributed by atoms with Gasteiger partial charge in [0.2, 0.25) is 0 Å². The molecule has 142 valence electrons. The third kappa shape index (κ3) is 3.46. The van der Waals surface area contributed by atoms with Gasteiger partial charge in [-0.15, -0.1) is 0 Å². The van der Waals surface area contributed by atoms with E-state index in [-0.39, 0.29) is 6.04 Å². The first-order valence-corrected chi connectivity index (χ1v) is 9.34. The third-order valence-corrected chi connectivity index (χ3v) is 5.48. The summed E-state index contributed by atoms with van der Waals surface area (Å²) in [7, 11) is 0. The van der Waals surface area contributed by atoms with Crippen molar-refractivity contribution in [2.75, 3.05) is 11.4 Å². The second-order valence-electron chi connectivity index (χ2n) is 6.61. The van der Waals surface area contributed by atoms with Crippen molar-refractivity contribution in [1.82, 2.24) is 5.32 Å². The average molecular weight is 413 g/mol. The summed E-state index contributed by atoms with van der Waals surface area (Å²) in [6.07, 6.45) is -3.26. The van der Waals surface area contributed by atoms with Crippen LogP contribution in [0.15, 0.2) is 42.5 Å². The number of alkyl halides is 3. The molecule has 3 nitrogen and oxygen atoms in total. The lowest BCUT2D eigenvalue weighted by Crippen LogP contribution is -2.52. The van der Waals surface area contributed by atoms with Gasteiger partial charge in [0.1, 0.15) is 5.75 Å². The molecule has 0 spiro atoms. The molecule has 4 rings (SSSR count). The smallest absolute Gasteiger partial charge is 0.441 e. The normalized spacial score (nSPS) is 21.3. The van der Waals surface area contributed by atoms with Crippen molar-refractivity contribution in [2.24, 2.45) is 0 Å². The zero-order valence-corrected chi connectivity index (χ0v) is 15.7. The zero-order chi connectivity index (χ0) is 19.2. The van der Waals surface area contributed by atoms with Crippen LogP contribution >= 0.6 is 23.8 Å². The second-order valence-corrected chi connectivity index (χ2v) is 7.45. The van der Waals surface area contributed by atoms with Crippen LogP contribution in [0.25, 0.3) is 0 Å². The molecular weight excluding hydrogens is 397 g/mol. The van der Waals surface area contributed by atoms with Crippen molar-refractivity contribution in [3.05, 3.63) is 53.1 Å². The number of thiocarbonyl (C=S) groups is 1. The van der Waals surface area contributed by atoms with E-state index in [4.69, 9.17) is 16.3 Å². The van der Waals surface area contributed by atoms with Gasteiger partial charge in [-0.2, -0.15) is 13.2 Å². The molecule has 0 aromatic heterocycles. The van der Waals surface area contributed by atoms with Gasteiger partial charge in [-0.3, -0.25) is 0 Å². The molecule has 8 heteroatoms. The van der Waals surface area contributed by atoms with Crippen molar-refractivity contribution >= 4 is 34.5 Å². The summed E-state index contributed by atoms with van der Waals surface area (Å²) in [4.78, 5) is 0.969. The largest absolute Gasteiger partial charge is 0.455 e. The maximum Gasteiger partial charge on any atom is 0.441 e. The van der Waals surface area contributed by atoms with Crippen LogP contribution in [0.5, 0.6) is 11.5 Å². The molecule has 2 aliphatic rings. The van der Waals surface area contributed by atoms with Crippen LogP contribution in [0.4, 0.5) is 18.9 Å². The first kappa shape index (κ1) is 18.4. The Labute approximate surface area is 165 Å². The molecule has 1 fully saturated rings. The van der Waals surface area contributed by atoms with Gasteiger partial charge < -0.3 is 15.0 Å². The molecule has 0 unspecified atom stereocenters. The van der Waals surface area contributed by atoms with Crippen molar-refractivity contribution < 1.29 is 17.9 Å². The Morgan fingerprint density at radius 2 is 1.96 bits per heavy atom. The van der Waals surface area contributed by atoms with E-state index in [1.807, 2.05) is 24.3 Å². The van der Waals surface area contributed by atoms with Gasteiger partial charge in [-0.05, 0) is 37.1 Å². The Hall–Kier alpha value is -1.99. The molecule has 0 saturated carbocycles. The predicted octanol–water partition coefficient (Wildman–Crippen LogP) is 5.64. The van der Waals surface area contributed by atoms with E-state index in [0.717, 1.165) is 17.7 Å². The quantitative estimate of drug-likeness (QED) is 0.613. The molecule has 2 atom stereocenters. The summed E-state index contributed by atoms with van der Waals surface area (Å²) in [5, 5.41) is 3.09. The summed E-state index contributed by atoms with van der Waals surface area (Å²) in [6, 6.07) is 11.9. The van der Waals surface area contributed by atoms with Crippen LogP contribution in [0.1, 0.15) is 24.4 Å². The number of ether oxygens (including phenoxy) is 1. The van der Waals surface area contributed by atoms with Crippen molar-refractivity contribution in [1.29, 1.82) is 0 Å². The van der Waals surface area contributed by atoms with Crippen molar-refractivity contribution in [2.45, 2.75) is 31.1 Å². The van der Waals surface area contributed by atoms with E-state index >= 15 is 0 Å². The fourth-order valence-corrected chi connectivity index (χ4v) is 4.11. The standard InChI is InChI=1S/C19H16ClF3N2OS/c20-11-7-8-16-14(10-11)25-9-3-5-13(24-18(27)19(21,22)23)17(25)12-4-1-2-6-15(12)26-16/h1-2,4,6-8,10,13,17H,3,5,9H2,(H,24,27)/t13-,17+/m0/s1. The summed E-state index contributed by atoms with van der Waals surface area (Å²) in [5.41, 5.74) is 1.60. The van der Waals surface area contributed by atoms with Crippen LogP contribution < -0.4 is 15.0 Å². The lowest BCUT2D eigenvalue weighted by atomic mass is 9.89. The van der Waals surface area contributed by atoms with Crippen LogP contribution in [0.2, 0.25) is 5.02 Å². The number of rotatable bonds is 1. The Balaban J connectivity index is 1.81.